The summed E-state index contributed by atoms with van der Waals surface area (Å²) in [6.45, 7) is 4.37. The van der Waals surface area contributed by atoms with E-state index in [4.69, 9.17) is 22.1 Å². The molecule has 6 nitrogen and oxygen atoms in total. The van der Waals surface area contributed by atoms with Gasteiger partial charge in [0.05, 0.1) is 19.3 Å². The Labute approximate surface area is 153 Å². The van der Waals surface area contributed by atoms with Crippen molar-refractivity contribution in [3.8, 4) is 0 Å². The summed E-state index contributed by atoms with van der Waals surface area (Å²) in [5.74, 6) is 1.39. The molecule has 3 rings (SSSR count). The van der Waals surface area contributed by atoms with E-state index in [0.717, 1.165) is 29.2 Å². The van der Waals surface area contributed by atoms with Gasteiger partial charge in [-0.25, -0.2) is 9.48 Å². The van der Waals surface area contributed by atoms with Gasteiger partial charge in [0.25, 0.3) is 0 Å². The van der Waals surface area contributed by atoms with Crippen LogP contribution in [0.1, 0.15) is 47.4 Å². The van der Waals surface area contributed by atoms with Crippen molar-refractivity contribution in [2.75, 3.05) is 14.2 Å². The Morgan fingerprint density at radius 2 is 2.04 bits per heavy atom. The first-order valence-corrected chi connectivity index (χ1v) is 8.97. The van der Waals surface area contributed by atoms with Crippen LogP contribution in [0.15, 0.2) is 24.3 Å². The van der Waals surface area contributed by atoms with Gasteiger partial charge in [-0.15, -0.1) is 0 Å². The second kappa shape index (κ2) is 7.49. The molecule has 0 spiro atoms. The summed E-state index contributed by atoms with van der Waals surface area (Å²) in [4.78, 5) is 13.6. The molecule has 25 heavy (non-hydrogen) atoms. The molecule has 134 valence electrons. The van der Waals surface area contributed by atoms with Crippen LogP contribution in [-0.2, 0) is 24.5 Å². The number of benzene rings is 1. The fourth-order valence-electron chi connectivity index (χ4n) is 2.95. The lowest BCUT2D eigenvalue weighted by Crippen LogP contribution is -2.22. The van der Waals surface area contributed by atoms with Crippen LogP contribution in [0, 0.1) is 4.77 Å². The largest absolute Gasteiger partial charge is 0.465 e. The number of aromatic nitrogens is 3. The number of ether oxygens (including phenoxy) is 1. The summed E-state index contributed by atoms with van der Waals surface area (Å²) in [6, 6.07) is 7.47. The van der Waals surface area contributed by atoms with E-state index < -0.39 is 0 Å². The zero-order chi connectivity index (χ0) is 18.0. The van der Waals surface area contributed by atoms with Crippen molar-refractivity contribution < 1.29 is 9.53 Å². The molecule has 7 heteroatoms. The van der Waals surface area contributed by atoms with Crippen LogP contribution < -0.4 is 0 Å². The lowest BCUT2D eigenvalue weighted by molar-refractivity contribution is 0.0600. The Kier molecular flexibility index (Phi) is 5.34. The van der Waals surface area contributed by atoms with Gasteiger partial charge in [0.2, 0.25) is 0 Å². The maximum atomic E-state index is 11.5. The zero-order valence-corrected chi connectivity index (χ0v) is 15.8. The lowest BCUT2D eigenvalue weighted by Gasteiger charge is -2.16. The summed E-state index contributed by atoms with van der Waals surface area (Å²) in [5.41, 5.74) is 1.69. The average Bonchev–Trinajstić information content (AvgIpc) is 3.41. The number of carbonyl (C=O) groups is 1. The number of nitrogens with zero attached hydrogens (tertiary/aromatic N) is 4. The van der Waals surface area contributed by atoms with Crippen molar-refractivity contribution in [1.82, 2.24) is 19.2 Å². The highest BCUT2D eigenvalue weighted by Gasteiger charge is 2.29. The van der Waals surface area contributed by atoms with Gasteiger partial charge in [0.1, 0.15) is 5.82 Å². The first-order chi connectivity index (χ1) is 12.0. The first-order valence-electron chi connectivity index (χ1n) is 8.56. The quantitative estimate of drug-likeness (QED) is 0.561. The predicted octanol–water partition coefficient (Wildman–Crippen LogP) is 3.19. The Morgan fingerprint density at radius 1 is 1.36 bits per heavy atom. The second-order valence-corrected chi connectivity index (χ2v) is 6.87. The third kappa shape index (κ3) is 3.99. The van der Waals surface area contributed by atoms with Gasteiger partial charge in [-0.05, 0) is 56.7 Å². The van der Waals surface area contributed by atoms with Gasteiger partial charge in [-0.2, -0.15) is 5.10 Å². The normalized spacial score (nSPS) is 14.1. The van der Waals surface area contributed by atoms with E-state index in [1.807, 2.05) is 23.9 Å². The number of rotatable bonds is 7. The summed E-state index contributed by atoms with van der Waals surface area (Å²) >= 11 is 5.59. The van der Waals surface area contributed by atoms with Crippen molar-refractivity contribution in [2.24, 2.45) is 0 Å². The number of hydrogen-bond acceptors (Lipinski definition) is 5. The van der Waals surface area contributed by atoms with Gasteiger partial charge in [-0.3, -0.25) is 4.90 Å². The molecular formula is C18H24N4O2S. The monoisotopic (exact) mass is 360 g/mol. The van der Waals surface area contributed by atoms with Crippen molar-refractivity contribution in [1.29, 1.82) is 0 Å². The Morgan fingerprint density at radius 3 is 2.60 bits per heavy atom. The van der Waals surface area contributed by atoms with Gasteiger partial charge in [-0.1, -0.05) is 12.1 Å². The minimum atomic E-state index is -0.316. The lowest BCUT2D eigenvalue weighted by atomic mass is 10.1. The molecule has 1 aromatic heterocycles. The molecule has 0 amide bonds. The SMILES string of the molecule is CCn1c(C2CC2)nn(CN(C)Cc2ccc(C(=O)OC)cc2)c1=S. The van der Waals surface area contributed by atoms with E-state index in [9.17, 15) is 4.79 Å². The van der Waals surface area contributed by atoms with Gasteiger partial charge >= 0.3 is 5.97 Å². The van der Waals surface area contributed by atoms with Crippen LogP contribution in [-0.4, -0.2) is 39.4 Å². The predicted molar refractivity (Wildman–Crippen MR) is 97.9 cm³/mol. The van der Waals surface area contributed by atoms with Crippen LogP contribution in [0.3, 0.4) is 0 Å². The Hall–Kier alpha value is -1.99. The second-order valence-electron chi connectivity index (χ2n) is 6.50. The Bertz CT molecular complexity index is 805. The van der Waals surface area contributed by atoms with Crippen LogP contribution >= 0.6 is 12.2 Å². The molecule has 0 N–H and O–H groups in total. The highest BCUT2D eigenvalue weighted by molar-refractivity contribution is 7.71. The fourth-order valence-corrected chi connectivity index (χ4v) is 3.27. The van der Waals surface area contributed by atoms with Crippen molar-refractivity contribution in [2.45, 2.75) is 45.4 Å². The average molecular weight is 360 g/mol. The molecule has 0 bridgehead atoms. The highest BCUT2D eigenvalue weighted by atomic mass is 32.1. The van der Waals surface area contributed by atoms with Crippen LogP contribution in [0.25, 0.3) is 0 Å². The molecule has 1 aliphatic carbocycles. The number of hydrogen-bond donors (Lipinski definition) is 0. The Balaban J connectivity index is 1.67. The van der Waals surface area contributed by atoms with E-state index >= 15 is 0 Å². The number of esters is 1. The highest BCUT2D eigenvalue weighted by Crippen LogP contribution is 2.39. The molecule has 1 fully saturated rings. The number of methoxy groups -OCH3 is 1. The third-order valence-electron chi connectivity index (χ3n) is 4.41. The van der Waals surface area contributed by atoms with E-state index in [1.54, 1.807) is 12.1 Å². The minimum Gasteiger partial charge on any atom is -0.465 e. The van der Waals surface area contributed by atoms with Gasteiger partial charge in [0.15, 0.2) is 4.77 Å². The zero-order valence-electron chi connectivity index (χ0n) is 14.9. The number of carbonyl (C=O) groups excluding carboxylic acids is 1. The van der Waals surface area contributed by atoms with E-state index in [0.29, 0.717) is 18.2 Å². The molecule has 1 aromatic carbocycles. The van der Waals surface area contributed by atoms with Crippen molar-refractivity contribution in [3.63, 3.8) is 0 Å². The van der Waals surface area contributed by atoms with Crippen molar-refractivity contribution in [3.05, 3.63) is 46.0 Å². The molecular weight excluding hydrogens is 336 g/mol. The third-order valence-corrected chi connectivity index (χ3v) is 4.84. The van der Waals surface area contributed by atoms with E-state index in [-0.39, 0.29) is 5.97 Å². The molecule has 0 atom stereocenters. The fraction of sp³-hybridized carbons (Fsp3) is 0.500. The molecule has 1 aliphatic rings. The summed E-state index contributed by atoms with van der Waals surface area (Å²) in [6.07, 6.45) is 2.43. The molecule has 1 heterocycles. The van der Waals surface area contributed by atoms with Crippen molar-refractivity contribution >= 4 is 18.2 Å². The van der Waals surface area contributed by atoms with Gasteiger partial charge < -0.3 is 9.30 Å². The van der Waals surface area contributed by atoms with E-state index in [2.05, 4.69) is 16.4 Å². The maximum absolute atomic E-state index is 11.5. The minimum absolute atomic E-state index is 0.316. The maximum Gasteiger partial charge on any atom is 0.337 e. The smallest absolute Gasteiger partial charge is 0.337 e. The standard InChI is InChI=1S/C18H24N4O2S/c1-4-21-16(14-9-10-14)19-22(18(21)25)12-20(2)11-13-5-7-15(8-6-13)17(23)24-3/h5-8,14H,4,9-12H2,1-3H3. The van der Waals surface area contributed by atoms with E-state index in [1.165, 1.54) is 20.0 Å². The summed E-state index contributed by atoms with van der Waals surface area (Å²) in [7, 11) is 3.43. The summed E-state index contributed by atoms with van der Waals surface area (Å²) < 4.78 is 9.57. The van der Waals surface area contributed by atoms with Crippen LogP contribution in [0.2, 0.25) is 0 Å². The molecule has 0 radical (unpaired) electrons. The summed E-state index contributed by atoms with van der Waals surface area (Å²) in [5, 5.41) is 4.75. The van der Waals surface area contributed by atoms with Gasteiger partial charge in [0, 0.05) is 19.0 Å². The van der Waals surface area contributed by atoms with Crippen LogP contribution in [0.4, 0.5) is 0 Å². The molecule has 0 saturated heterocycles. The topological polar surface area (TPSA) is 52.3 Å². The first kappa shape index (κ1) is 17.8. The van der Waals surface area contributed by atoms with Crippen LogP contribution in [0.5, 0.6) is 0 Å². The molecule has 1 saturated carbocycles. The molecule has 2 aromatic rings. The molecule has 0 unspecified atom stereocenters. The molecule has 0 aliphatic heterocycles.